The third-order valence-corrected chi connectivity index (χ3v) is 4.15. The van der Waals surface area contributed by atoms with E-state index in [1.807, 2.05) is 19.1 Å². The number of methoxy groups -OCH3 is 1. The zero-order valence-electron chi connectivity index (χ0n) is 16.4. The van der Waals surface area contributed by atoms with Gasteiger partial charge in [0, 0.05) is 6.07 Å². The molecule has 0 aliphatic rings. The van der Waals surface area contributed by atoms with Crippen LogP contribution >= 0.6 is 0 Å². The number of pyridine rings is 2. The fourth-order valence-corrected chi connectivity index (χ4v) is 2.64. The van der Waals surface area contributed by atoms with Crippen molar-refractivity contribution in [2.75, 3.05) is 12.4 Å². The van der Waals surface area contributed by atoms with E-state index in [0.717, 1.165) is 17.7 Å². The number of anilines is 1. The highest BCUT2D eigenvalue weighted by molar-refractivity contribution is 6.04. The second-order valence-corrected chi connectivity index (χ2v) is 6.42. The lowest BCUT2D eigenvalue weighted by atomic mass is 10.1. The minimum Gasteiger partial charge on any atom is -0.493 e. The number of hydrogen-bond donors (Lipinski definition) is 1. The van der Waals surface area contributed by atoms with E-state index in [1.165, 1.54) is 20.2 Å². The van der Waals surface area contributed by atoms with E-state index >= 15 is 0 Å². The quantitative estimate of drug-likeness (QED) is 0.620. The molecule has 3 rings (SSSR count). The predicted molar refractivity (Wildman–Crippen MR) is 104 cm³/mol. The van der Waals surface area contributed by atoms with E-state index in [0.29, 0.717) is 17.2 Å². The molecular formula is C21H18F3N3O3. The fourth-order valence-electron chi connectivity index (χ4n) is 2.64. The molecule has 30 heavy (non-hydrogen) atoms. The Kier molecular flexibility index (Phi) is 5.91. The number of rotatable bonds is 5. The van der Waals surface area contributed by atoms with Crippen LogP contribution in [-0.4, -0.2) is 23.0 Å². The fraction of sp³-hybridized carbons (Fsp3) is 0.190. The molecule has 156 valence electrons. The summed E-state index contributed by atoms with van der Waals surface area (Å²) in [4.78, 5) is 20.0. The standard InChI is InChI=1S/C21H18F3N3O3/c1-12-4-7-16(17(10-12)29-3)30-19-9-5-14(11-25-19)27-20(28)15-6-8-18(21(22,23)24)26-13(15)2/h4-11H,1-3H3,(H,27,28). The molecule has 2 aromatic heterocycles. The summed E-state index contributed by atoms with van der Waals surface area (Å²) in [6, 6.07) is 10.4. The first kappa shape index (κ1) is 21.1. The van der Waals surface area contributed by atoms with Gasteiger partial charge in [0.15, 0.2) is 11.5 Å². The number of halogens is 3. The number of carbonyl (C=O) groups excluding carboxylic acids is 1. The number of aromatic nitrogens is 2. The predicted octanol–water partition coefficient (Wildman–Crippen LogP) is 5.17. The molecule has 0 fully saturated rings. The molecule has 9 heteroatoms. The summed E-state index contributed by atoms with van der Waals surface area (Å²) < 4.78 is 49.1. The monoisotopic (exact) mass is 417 g/mol. The number of benzene rings is 1. The highest BCUT2D eigenvalue weighted by Crippen LogP contribution is 2.32. The molecule has 0 saturated carbocycles. The number of carbonyl (C=O) groups is 1. The van der Waals surface area contributed by atoms with Crippen molar-refractivity contribution in [2.24, 2.45) is 0 Å². The maximum Gasteiger partial charge on any atom is 0.433 e. The van der Waals surface area contributed by atoms with Gasteiger partial charge < -0.3 is 14.8 Å². The van der Waals surface area contributed by atoms with Crippen molar-refractivity contribution in [2.45, 2.75) is 20.0 Å². The number of nitrogens with zero attached hydrogens (tertiary/aromatic N) is 2. The van der Waals surface area contributed by atoms with Crippen molar-refractivity contribution in [3.63, 3.8) is 0 Å². The van der Waals surface area contributed by atoms with Gasteiger partial charge in [0.1, 0.15) is 5.69 Å². The minimum atomic E-state index is -4.57. The van der Waals surface area contributed by atoms with Crippen LogP contribution in [0.3, 0.4) is 0 Å². The van der Waals surface area contributed by atoms with E-state index in [1.54, 1.807) is 18.2 Å². The van der Waals surface area contributed by atoms with E-state index in [2.05, 4.69) is 15.3 Å². The first-order chi connectivity index (χ1) is 14.2. The first-order valence-electron chi connectivity index (χ1n) is 8.82. The van der Waals surface area contributed by atoms with Crippen LogP contribution in [0, 0.1) is 13.8 Å². The second-order valence-electron chi connectivity index (χ2n) is 6.42. The van der Waals surface area contributed by atoms with Gasteiger partial charge in [0.2, 0.25) is 5.88 Å². The van der Waals surface area contributed by atoms with E-state index < -0.39 is 17.8 Å². The molecule has 0 saturated heterocycles. The Morgan fingerprint density at radius 1 is 1.03 bits per heavy atom. The first-order valence-corrected chi connectivity index (χ1v) is 8.82. The molecule has 0 spiro atoms. The number of ether oxygens (including phenoxy) is 2. The van der Waals surface area contributed by atoms with E-state index in [-0.39, 0.29) is 17.1 Å². The molecule has 1 aromatic carbocycles. The van der Waals surface area contributed by atoms with Crippen LogP contribution in [0.15, 0.2) is 48.7 Å². The van der Waals surface area contributed by atoms with Crippen molar-refractivity contribution in [3.05, 3.63) is 71.2 Å². The van der Waals surface area contributed by atoms with Gasteiger partial charge in [-0.25, -0.2) is 9.97 Å². The molecule has 6 nitrogen and oxygen atoms in total. The summed E-state index contributed by atoms with van der Waals surface area (Å²) in [5.41, 5.74) is 0.321. The van der Waals surface area contributed by atoms with Gasteiger partial charge in [-0.15, -0.1) is 0 Å². The topological polar surface area (TPSA) is 73.3 Å². The van der Waals surface area contributed by atoms with Crippen LogP contribution in [0.25, 0.3) is 0 Å². The molecule has 0 unspecified atom stereocenters. The van der Waals surface area contributed by atoms with Crippen LogP contribution in [0.2, 0.25) is 0 Å². The lowest BCUT2D eigenvalue weighted by Crippen LogP contribution is -2.16. The van der Waals surface area contributed by atoms with Gasteiger partial charge in [0.05, 0.1) is 30.3 Å². The van der Waals surface area contributed by atoms with Crippen LogP contribution in [0.4, 0.5) is 18.9 Å². The lowest BCUT2D eigenvalue weighted by Gasteiger charge is -2.12. The molecule has 0 atom stereocenters. The highest BCUT2D eigenvalue weighted by Gasteiger charge is 2.33. The van der Waals surface area contributed by atoms with Crippen molar-refractivity contribution < 1.29 is 27.4 Å². The van der Waals surface area contributed by atoms with Gasteiger partial charge in [-0.1, -0.05) is 6.07 Å². The lowest BCUT2D eigenvalue weighted by molar-refractivity contribution is -0.141. The molecule has 2 heterocycles. The number of aryl methyl sites for hydroxylation is 2. The Bertz CT molecular complexity index is 1070. The second kappa shape index (κ2) is 8.40. The van der Waals surface area contributed by atoms with Crippen molar-refractivity contribution >= 4 is 11.6 Å². The molecule has 0 aliphatic carbocycles. The normalized spacial score (nSPS) is 11.1. The zero-order valence-corrected chi connectivity index (χ0v) is 16.4. The van der Waals surface area contributed by atoms with E-state index in [9.17, 15) is 18.0 Å². The molecule has 0 bridgehead atoms. The molecule has 0 aliphatic heterocycles. The highest BCUT2D eigenvalue weighted by atomic mass is 19.4. The number of alkyl halides is 3. The van der Waals surface area contributed by atoms with Crippen LogP contribution in [0.1, 0.15) is 27.3 Å². The van der Waals surface area contributed by atoms with Crippen molar-refractivity contribution in [3.8, 4) is 17.4 Å². The Hall–Kier alpha value is -3.62. The Morgan fingerprint density at radius 3 is 2.40 bits per heavy atom. The molecule has 1 N–H and O–H groups in total. The largest absolute Gasteiger partial charge is 0.493 e. The van der Waals surface area contributed by atoms with Crippen molar-refractivity contribution in [1.82, 2.24) is 9.97 Å². The summed E-state index contributed by atoms with van der Waals surface area (Å²) >= 11 is 0. The molecule has 3 aromatic rings. The van der Waals surface area contributed by atoms with Gasteiger partial charge in [0.25, 0.3) is 5.91 Å². The van der Waals surface area contributed by atoms with E-state index in [4.69, 9.17) is 9.47 Å². The van der Waals surface area contributed by atoms with Gasteiger partial charge in [-0.05, 0) is 49.7 Å². The van der Waals surface area contributed by atoms with Crippen LogP contribution in [-0.2, 0) is 6.18 Å². The van der Waals surface area contributed by atoms with Gasteiger partial charge in [-0.3, -0.25) is 4.79 Å². The smallest absolute Gasteiger partial charge is 0.433 e. The van der Waals surface area contributed by atoms with Gasteiger partial charge in [-0.2, -0.15) is 13.2 Å². The maximum absolute atomic E-state index is 12.7. The number of hydrogen-bond acceptors (Lipinski definition) is 5. The third-order valence-electron chi connectivity index (χ3n) is 4.15. The van der Waals surface area contributed by atoms with Crippen molar-refractivity contribution in [1.29, 1.82) is 0 Å². The SMILES string of the molecule is COc1cc(C)ccc1Oc1ccc(NC(=O)c2ccc(C(F)(F)F)nc2C)cn1. The Morgan fingerprint density at radius 2 is 1.80 bits per heavy atom. The van der Waals surface area contributed by atoms with Crippen LogP contribution in [0.5, 0.6) is 17.4 Å². The summed E-state index contributed by atoms with van der Waals surface area (Å²) in [5, 5.41) is 2.58. The van der Waals surface area contributed by atoms with Gasteiger partial charge >= 0.3 is 6.18 Å². The number of nitrogens with one attached hydrogen (secondary N) is 1. The Balaban J connectivity index is 1.71. The third kappa shape index (κ3) is 4.86. The average Bonchev–Trinajstić information content (AvgIpc) is 2.69. The Labute approximate surface area is 170 Å². The molecule has 0 radical (unpaired) electrons. The average molecular weight is 417 g/mol. The van der Waals surface area contributed by atoms with Crippen LogP contribution < -0.4 is 14.8 Å². The minimum absolute atomic E-state index is 0.0262. The summed E-state index contributed by atoms with van der Waals surface area (Å²) in [7, 11) is 1.53. The summed E-state index contributed by atoms with van der Waals surface area (Å²) in [5.74, 6) is 0.727. The summed E-state index contributed by atoms with van der Waals surface area (Å²) in [6.07, 6.45) is -3.19. The summed E-state index contributed by atoms with van der Waals surface area (Å²) in [6.45, 7) is 3.27. The molecule has 1 amide bonds. The molecular weight excluding hydrogens is 399 g/mol. The maximum atomic E-state index is 12.7. The number of amides is 1. The zero-order chi connectivity index (χ0) is 21.9.